The van der Waals surface area contributed by atoms with E-state index in [4.69, 9.17) is 15.1 Å². The third-order valence-electron chi connectivity index (χ3n) is 5.83. The van der Waals surface area contributed by atoms with Crippen molar-refractivity contribution in [2.24, 2.45) is 13.0 Å². The number of nitrogens with zero attached hydrogens (tertiary/aromatic N) is 5. The summed E-state index contributed by atoms with van der Waals surface area (Å²) in [5.74, 6) is 1.55. The van der Waals surface area contributed by atoms with E-state index in [0.717, 1.165) is 28.3 Å². The third-order valence-corrected chi connectivity index (χ3v) is 5.83. The Hall–Kier alpha value is -3.48. The molecular formula is C22H22N6O. The summed E-state index contributed by atoms with van der Waals surface area (Å²) < 4.78 is 7.76. The molecule has 4 aromatic rings. The first-order valence-electron chi connectivity index (χ1n) is 9.67. The number of nitrogens with two attached hydrogens (primary N) is 1. The molecule has 0 saturated heterocycles. The Labute approximate surface area is 168 Å². The first-order valence-corrected chi connectivity index (χ1v) is 9.67. The van der Waals surface area contributed by atoms with Gasteiger partial charge in [0.15, 0.2) is 0 Å². The molecule has 7 nitrogen and oxygen atoms in total. The van der Waals surface area contributed by atoms with Gasteiger partial charge in [0.1, 0.15) is 12.0 Å². The van der Waals surface area contributed by atoms with E-state index in [2.05, 4.69) is 46.3 Å². The normalized spacial score (nSPS) is 15.9. The van der Waals surface area contributed by atoms with Crippen LogP contribution in [0.1, 0.15) is 31.2 Å². The largest absolute Gasteiger partial charge is 0.447 e. The van der Waals surface area contributed by atoms with E-state index in [1.165, 1.54) is 18.4 Å². The summed E-state index contributed by atoms with van der Waals surface area (Å²) in [6.07, 6.45) is 11.3. The van der Waals surface area contributed by atoms with E-state index < -0.39 is 0 Å². The highest BCUT2D eigenvalue weighted by atomic mass is 16.3. The Morgan fingerprint density at radius 2 is 1.76 bits per heavy atom. The summed E-state index contributed by atoms with van der Waals surface area (Å²) in [5, 5.41) is 4.23. The van der Waals surface area contributed by atoms with Crippen LogP contribution in [0, 0.1) is 5.92 Å². The van der Waals surface area contributed by atoms with Crippen molar-refractivity contribution in [3.05, 3.63) is 66.8 Å². The second-order valence-electron chi connectivity index (χ2n) is 7.82. The number of oxazole rings is 1. The van der Waals surface area contributed by atoms with Gasteiger partial charge in [0, 0.05) is 36.8 Å². The number of nitrogen functional groups attached to an aromatic ring is 1. The molecule has 0 spiro atoms. The summed E-state index contributed by atoms with van der Waals surface area (Å²) in [4.78, 5) is 13.0. The number of aromatic nitrogens is 5. The van der Waals surface area contributed by atoms with Crippen LogP contribution >= 0.6 is 0 Å². The minimum atomic E-state index is -0.267. The summed E-state index contributed by atoms with van der Waals surface area (Å²) in [7, 11) is 1.90. The van der Waals surface area contributed by atoms with Crippen LogP contribution in [0.15, 0.2) is 59.7 Å². The highest BCUT2D eigenvalue weighted by molar-refractivity contribution is 5.63. The fourth-order valence-electron chi connectivity index (χ4n) is 3.89. The van der Waals surface area contributed by atoms with Crippen LogP contribution in [0.5, 0.6) is 0 Å². The van der Waals surface area contributed by atoms with E-state index in [1.54, 1.807) is 29.5 Å². The van der Waals surface area contributed by atoms with E-state index in [9.17, 15) is 0 Å². The van der Waals surface area contributed by atoms with Crippen molar-refractivity contribution in [3.63, 3.8) is 0 Å². The van der Waals surface area contributed by atoms with E-state index in [1.807, 2.05) is 13.2 Å². The lowest BCUT2D eigenvalue weighted by Gasteiger charge is -2.27. The van der Waals surface area contributed by atoms with Crippen LogP contribution in [-0.2, 0) is 12.5 Å². The van der Waals surface area contributed by atoms with Gasteiger partial charge in [-0.15, -0.1) is 0 Å². The summed E-state index contributed by atoms with van der Waals surface area (Å²) in [6, 6.07) is 8.49. The average Bonchev–Trinajstić information content (AvgIpc) is 3.32. The Bertz CT molecular complexity index is 1140. The molecule has 1 unspecified atom stereocenters. The van der Waals surface area contributed by atoms with Gasteiger partial charge >= 0.3 is 0 Å². The highest BCUT2D eigenvalue weighted by Gasteiger charge is 2.47. The molecule has 1 fully saturated rings. The Morgan fingerprint density at radius 3 is 2.38 bits per heavy atom. The lowest BCUT2D eigenvalue weighted by molar-refractivity contribution is 0.357. The topological polar surface area (TPSA) is 95.7 Å². The van der Waals surface area contributed by atoms with Crippen LogP contribution in [0.25, 0.3) is 22.4 Å². The molecule has 0 bridgehead atoms. The van der Waals surface area contributed by atoms with Crippen molar-refractivity contribution in [3.8, 4) is 22.4 Å². The predicted molar refractivity (Wildman–Crippen MR) is 110 cm³/mol. The first kappa shape index (κ1) is 17.6. The van der Waals surface area contributed by atoms with Gasteiger partial charge in [0.2, 0.25) is 11.8 Å². The molecule has 0 radical (unpaired) electrons. The molecule has 29 heavy (non-hydrogen) atoms. The molecule has 2 N–H and O–H groups in total. The third kappa shape index (κ3) is 3.08. The highest BCUT2D eigenvalue weighted by Crippen LogP contribution is 2.51. The van der Waals surface area contributed by atoms with E-state index in [-0.39, 0.29) is 11.4 Å². The van der Waals surface area contributed by atoms with Gasteiger partial charge in [-0.25, -0.2) is 15.0 Å². The molecule has 7 heteroatoms. The zero-order chi connectivity index (χ0) is 20.0. The van der Waals surface area contributed by atoms with Gasteiger partial charge in [-0.05, 0) is 36.8 Å². The van der Waals surface area contributed by atoms with Crippen LogP contribution in [0.3, 0.4) is 0 Å². The summed E-state index contributed by atoms with van der Waals surface area (Å²) in [6.45, 7) is 2.23. The molecule has 0 aliphatic heterocycles. The zero-order valence-corrected chi connectivity index (χ0v) is 16.4. The maximum absolute atomic E-state index is 6.00. The summed E-state index contributed by atoms with van der Waals surface area (Å²) >= 11 is 0. The second-order valence-corrected chi connectivity index (χ2v) is 7.82. The molecular weight excluding hydrogens is 364 g/mol. The smallest absolute Gasteiger partial charge is 0.219 e. The molecule has 146 valence electrons. The Balaban J connectivity index is 1.50. The number of anilines is 1. The molecule has 3 aromatic heterocycles. The molecule has 5 rings (SSSR count). The van der Waals surface area contributed by atoms with Gasteiger partial charge in [-0.2, -0.15) is 5.10 Å². The van der Waals surface area contributed by atoms with Crippen molar-refractivity contribution < 1.29 is 4.42 Å². The minimum Gasteiger partial charge on any atom is -0.447 e. The van der Waals surface area contributed by atoms with Crippen molar-refractivity contribution in [1.29, 1.82) is 0 Å². The maximum atomic E-state index is 6.00. The molecule has 1 aliphatic carbocycles. The fourth-order valence-corrected chi connectivity index (χ4v) is 3.89. The standard InChI is InChI=1S/C22H22N6O/c1-22(18-7-8-18,20-27-19(13-29-20)16-11-26-28(2)12-16)17-5-3-14(4-6-17)15-9-24-21(23)25-10-15/h3-6,9-13,18H,7-8H2,1-2H3,(H2,23,24,25). The fraction of sp³-hybridized carbons (Fsp3) is 0.273. The zero-order valence-electron chi connectivity index (χ0n) is 16.4. The molecule has 1 saturated carbocycles. The molecule has 1 atom stereocenters. The SMILES string of the molecule is Cn1cc(-c2coc(C(C)(c3ccc(-c4cnc(N)nc4)cc3)C3CC3)n2)cn1. The average molecular weight is 386 g/mol. The minimum absolute atomic E-state index is 0.267. The maximum Gasteiger partial charge on any atom is 0.219 e. The van der Waals surface area contributed by atoms with Crippen LogP contribution < -0.4 is 5.73 Å². The number of benzene rings is 1. The first-order chi connectivity index (χ1) is 14.0. The van der Waals surface area contributed by atoms with Gasteiger partial charge in [-0.1, -0.05) is 24.3 Å². The predicted octanol–water partition coefficient (Wildman–Crippen LogP) is 3.83. The van der Waals surface area contributed by atoms with Gasteiger partial charge in [-0.3, -0.25) is 4.68 Å². The molecule has 1 aromatic carbocycles. The van der Waals surface area contributed by atoms with Crippen molar-refractivity contribution in [2.75, 3.05) is 5.73 Å². The Morgan fingerprint density at radius 1 is 1.03 bits per heavy atom. The van der Waals surface area contributed by atoms with Crippen molar-refractivity contribution in [2.45, 2.75) is 25.2 Å². The van der Waals surface area contributed by atoms with Gasteiger partial charge in [0.25, 0.3) is 0 Å². The summed E-state index contributed by atoms with van der Waals surface area (Å²) in [5.41, 5.74) is 10.3. The van der Waals surface area contributed by atoms with Crippen LogP contribution in [0.2, 0.25) is 0 Å². The van der Waals surface area contributed by atoms with Crippen molar-refractivity contribution in [1.82, 2.24) is 24.7 Å². The number of rotatable bonds is 5. The molecule has 1 aliphatic rings. The van der Waals surface area contributed by atoms with E-state index >= 15 is 0 Å². The molecule has 3 heterocycles. The molecule has 0 amide bonds. The lowest BCUT2D eigenvalue weighted by Crippen LogP contribution is -2.26. The number of aryl methyl sites for hydroxylation is 1. The van der Waals surface area contributed by atoms with Crippen molar-refractivity contribution >= 4 is 5.95 Å². The Kier molecular flexibility index (Phi) is 3.97. The van der Waals surface area contributed by atoms with E-state index in [0.29, 0.717) is 5.92 Å². The number of hydrogen-bond donors (Lipinski definition) is 1. The monoisotopic (exact) mass is 386 g/mol. The lowest BCUT2D eigenvalue weighted by atomic mass is 9.77. The van der Waals surface area contributed by atoms with Gasteiger partial charge in [0.05, 0.1) is 11.6 Å². The van der Waals surface area contributed by atoms with Gasteiger partial charge < -0.3 is 10.2 Å². The quantitative estimate of drug-likeness (QED) is 0.560. The number of hydrogen-bond acceptors (Lipinski definition) is 6. The van der Waals surface area contributed by atoms with Crippen LogP contribution in [0.4, 0.5) is 5.95 Å². The van der Waals surface area contributed by atoms with Crippen LogP contribution in [-0.4, -0.2) is 24.7 Å². The second kappa shape index (κ2) is 6.55.